The number of rotatable bonds is 2. The summed E-state index contributed by atoms with van der Waals surface area (Å²) in [6.45, 7) is 2.35. The molecule has 1 aromatic carbocycles. The highest BCUT2D eigenvalue weighted by molar-refractivity contribution is 9.10. The van der Waals surface area contributed by atoms with E-state index in [2.05, 4.69) is 15.9 Å². The Morgan fingerprint density at radius 3 is 2.47 bits per heavy atom. The zero-order chi connectivity index (χ0) is 11.2. The van der Waals surface area contributed by atoms with Gasteiger partial charge in [-0.25, -0.2) is 0 Å². The van der Waals surface area contributed by atoms with Crippen LogP contribution in [0.15, 0.2) is 10.5 Å². The highest BCUT2D eigenvalue weighted by Gasteiger charge is 2.45. The standard InChI is InChI=1S/C11H14BrNO2/c1-6-4-7(11(5-13)2-3-11)10(15)8(12)9(6)14/h4,14-15H,2-3,5,13H2,1H3. The van der Waals surface area contributed by atoms with E-state index in [-0.39, 0.29) is 16.9 Å². The number of phenols is 2. The quantitative estimate of drug-likeness (QED) is 0.772. The molecule has 0 aromatic heterocycles. The molecule has 0 bridgehead atoms. The van der Waals surface area contributed by atoms with Gasteiger partial charge in [0, 0.05) is 17.5 Å². The number of aryl methyl sites for hydroxylation is 1. The third-order valence-corrected chi connectivity index (χ3v) is 3.97. The van der Waals surface area contributed by atoms with Crippen LogP contribution in [0.4, 0.5) is 0 Å². The summed E-state index contributed by atoms with van der Waals surface area (Å²) in [4.78, 5) is 0. The van der Waals surface area contributed by atoms with Crippen LogP contribution in [-0.2, 0) is 5.41 Å². The fraction of sp³-hybridized carbons (Fsp3) is 0.455. The van der Waals surface area contributed by atoms with E-state index in [1.54, 1.807) is 0 Å². The number of halogens is 1. The summed E-state index contributed by atoms with van der Waals surface area (Å²) in [7, 11) is 0. The maximum absolute atomic E-state index is 9.95. The first kappa shape index (κ1) is 10.8. The topological polar surface area (TPSA) is 66.5 Å². The number of hydrogen-bond acceptors (Lipinski definition) is 3. The van der Waals surface area contributed by atoms with E-state index in [0.29, 0.717) is 11.0 Å². The summed E-state index contributed by atoms with van der Waals surface area (Å²) in [6, 6.07) is 1.83. The maximum Gasteiger partial charge on any atom is 0.137 e. The van der Waals surface area contributed by atoms with E-state index in [9.17, 15) is 10.2 Å². The number of nitrogens with two attached hydrogens (primary N) is 1. The van der Waals surface area contributed by atoms with Crippen molar-refractivity contribution in [1.82, 2.24) is 0 Å². The molecule has 0 radical (unpaired) electrons. The summed E-state index contributed by atoms with van der Waals surface area (Å²) in [6.07, 6.45) is 2.02. The average molecular weight is 272 g/mol. The van der Waals surface area contributed by atoms with Crippen LogP contribution in [0.1, 0.15) is 24.0 Å². The maximum atomic E-state index is 9.95. The highest BCUT2D eigenvalue weighted by atomic mass is 79.9. The lowest BCUT2D eigenvalue weighted by molar-refractivity contribution is 0.431. The fourth-order valence-electron chi connectivity index (χ4n) is 1.90. The molecule has 4 N–H and O–H groups in total. The number of benzene rings is 1. The largest absolute Gasteiger partial charge is 0.506 e. The highest BCUT2D eigenvalue weighted by Crippen LogP contribution is 2.53. The lowest BCUT2D eigenvalue weighted by Gasteiger charge is -2.17. The monoisotopic (exact) mass is 271 g/mol. The van der Waals surface area contributed by atoms with Crippen LogP contribution in [0.5, 0.6) is 11.5 Å². The molecule has 1 aromatic rings. The summed E-state index contributed by atoms with van der Waals surface area (Å²) in [5, 5.41) is 19.6. The van der Waals surface area contributed by atoms with E-state index in [1.165, 1.54) is 0 Å². The van der Waals surface area contributed by atoms with Gasteiger partial charge >= 0.3 is 0 Å². The summed E-state index contributed by atoms with van der Waals surface area (Å²) in [5.41, 5.74) is 7.27. The van der Waals surface area contributed by atoms with Crippen LogP contribution in [0.2, 0.25) is 0 Å². The minimum absolute atomic E-state index is 0.0644. The van der Waals surface area contributed by atoms with Gasteiger partial charge < -0.3 is 15.9 Å². The lowest BCUT2D eigenvalue weighted by Crippen LogP contribution is -2.20. The summed E-state index contributed by atoms with van der Waals surface area (Å²) < 4.78 is 0.372. The van der Waals surface area contributed by atoms with Gasteiger partial charge in [-0.15, -0.1) is 0 Å². The van der Waals surface area contributed by atoms with Crippen molar-refractivity contribution in [3.63, 3.8) is 0 Å². The molecule has 3 nitrogen and oxygen atoms in total. The number of hydrogen-bond donors (Lipinski definition) is 3. The summed E-state index contributed by atoms with van der Waals surface area (Å²) in [5.74, 6) is 0.227. The van der Waals surface area contributed by atoms with Gasteiger partial charge in [0.05, 0.1) is 0 Å². The van der Waals surface area contributed by atoms with Crippen LogP contribution in [0, 0.1) is 6.92 Å². The first-order chi connectivity index (χ1) is 7.02. The van der Waals surface area contributed by atoms with Gasteiger partial charge in [-0.1, -0.05) is 0 Å². The molecule has 0 amide bonds. The third-order valence-electron chi connectivity index (χ3n) is 3.22. The van der Waals surface area contributed by atoms with Gasteiger partial charge in [0.2, 0.25) is 0 Å². The normalized spacial score (nSPS) is 17.8. The molecule has 1 aliphatic rings. The van der Waals surface area contributed by atoms with Crippen molar-refractivity contribution in [3.8, 4) is 11.5 Å². The zero-order valence-corrected chi connectivity index (χ0v) is 10.1. The van der Waals surface area contributed by atoms with Gasteiger partial charge in [-0.05, 0) is 47.3 Å². The van der Waals surface area contributed by atoms with Crippen molar-refractivity contribution >= 4 is 15.9 Å². The Balaban J connectivity index is 2.58. The van der Waals surface area contributed by atoms with Crippen molar-refractivity contribution in [1.29, 1.82) is 0 Å². The molecule has 0 atom stereocenters. The van der Waals surface area contributed by atoms with Gasteiger partial charge in [0.1, 0.15) is 16.0 Å². The average Bonchev–Trinajstić information content (AvgIpc) is 3.01. The molecule has 15 heavy (non-hydrogen) atoms. The van der Waals surface area contributed by atoms with Gasteiger partial charge in [0.15, 0.2) is 0 Å². The third kappa shape index (κ3) is 1.52. The predicted octanol–water partition coefficient (Wildman–Crippen LogP) is 2.16. The van der Waals surface area contributed by atoms with Crippen LogP contribution in [-0.4, -0.2) is 16.8 Å². The minimum atomic E-state index is -0.0644. The summed E-state index contributed by atoms with van der Waals surface area (Å²) >= 11 is 3.19. The van der Waals surface area contributed by atoms with Crippen molar-refractivity contribution in [2.45, 2.75) is 25.2 Å². The van der Waals surface area contributed by atoms with Gasteiger partial charge in [-0.3, -0.25) is 0 Å². The van der Waals surface area contributed by atoms with E-state index in [1.807, 2.05) is 13.0 Å². The SMILES string of the molecule is Cc1cc(C2(CN)CC2)c(O)c(Br)c1O. The molecule has 0 unspecified atom stereocenters. The van der Waals surface area contributed by atoms with Crippen molar-refractivity contribution < 1.29 is 10.2 Å². The predicted molar refractivity (Wildman–Crippen MR) is 62.2 cm³/mol. The second kappa shape index (κ2) is 3.39. The van der Waals surface area contributed by atoms with Crippen LogP contribution in [0.3, 0.4) is 0 Å². The Kier molecular flexibility index (Phi) is 2.43. The van der Waals surface area contributed by atoms with Crippen LogP contribution in [0.25, 0.3) is 0 Å². The molecule has 0 saturated heterocycles. The second-order valence-corrected chi connectivity index (χ2v) is 5.03. The van der Waals surface area contributed by atoms with Crippen molar-refractivity contribution in [2.24, 2.45) is 5.73 Å². The molecule has 0 spiro atoms. The first-order valence-electron chi connectivity index (χ1n) is 4.93. The molecule has 0 aliphatic heterocycles. The molecule has 0 heterocycles. The minimum Gasteiger partial charge on any atom is -0.506 e. The van der Waals surface area contributed by atoms with Crippen molar-refractivity contribution in [3.05, 3.63) is 21.7 Å². The van der Waals surface area contributed by atoms with Gasteiger partial charge in [0.25, 0.3) is 0 Å². The smallest absolute Gasteiger partial charge is 0.137 e. The first-order valence-corrected chi connectivity index (χ1v) is 5.73. The van der Waals surface area contributed by atoms with Crippen LogP contribution < -0.4 is 5.73 Å². The van der Waals surface area contributed by atoms with Crippen LogP contribution >= 0.6 is 15.9 Å². The Hall–Kier alpha value is -0.740. The molecule has 82 valence electrons. The van der Waals surface area contributed by atoms with E-state index < -0.39 is 0 Å². The van der Waals surface area contributed by atoms with Gasteiger partial charge in [-0.2, -0.15) is 0 Å². The Morgan fingerprint density at radius 2 is 2.00 bits per heavy atom. The zero-order valence-electron chi connectivity index (χ0n) is 8.55. The van der Waals surface area contributed by atoms with E-state index in [0.717, 1.165) is 24.0 Å². The Morgan fingerprint density at radius 1 is 1.40 bits per heavy atom. The Bertz CT molecular complexity index is 414. The molecule has 4 heteroatoms. The van der Waals surface area contributed by atoms with E-state index >= 15 is 0 Å². The second-order valence-electron chi connectivity index (χ2n) is 4.24. The number of phenolic OH excluding ortho intramolecular Hbond substituents is 2. The molecule has 1 aliphatic carbocycles. The lowest BCUT2D eigenvalue weighted by atomic mass is 9.93. The van der Waals surface area contributed by atoms with Crippen molar-refractivity contribution in [2.75, 3.05) is 6.54 Å². The number of aromatic hydroxyl groups is 2. The molecule has 1 fully saturated rings. The Labute approximate surface area is 97.0 Å². The molecule has 2 rings (SSSR count). The van der Waals surface area contributed by atoms with E-state index in [4.69, 9.17) is 5.73 Å². The fourth-order valence-corrected chi connectivity index (χ4v) is 2.42. The molecular weight excluding hydrogens is 258 g/mol. The molecule has 1 saturated carbocycles. The molecular formula is C11H14BrNO2.